The highest BCUT2D eigenvalue weighted by Gasteiger charge is 2.12. The molecule has 2 aromatic carbocycles. The second kappa shape index (κ2) is 8.47. The molecule has 140 valence electrons. The van der Waals surface area contributed by atoms with Gasteiger partial charge in [-0.1, -0.05) is 23.2 Å². The molecule has 0 aliphatic rings. The van der Waals surface area contributed by atoms with E-state index in [4.69, 9.17) is 32.7 Å². The van der Waals surface area contributed by atoms with Crippen LogP contribution in [0.25, 0.3) is 11.3 Å². The highest BCUT2D eigenvalue weighted by Crippen LogP contribution is 2.33. The third kappa shape index (κ3) is 4.63. The molecule has 0 aliphatic heterocycles. The van der Waals surface area contributed by atoms with E-state index in [2.05, 4.69) is 15.6 Å². The van der Waals surface area contributed by atoms with Crippen molar-refractivity contribution in [3.05, 3.63) is 51.8 Å². The van der Waals surface area contributed by atoms with Gasteiger partial charge in [-0.15, -0.1) is 11.3 Å². The Hall–Kier alpha value is -2.48. The Kier molecular flexibility index (Phi) is 6.05. The summed E-state index contributed by atoms with van der Waals surface area (Å²) in [5, 5.41) is 8.73. The van der Waals surface area contributed by atoms with Gasteiger partial charge in [-0.25, -0.2) is 9.78 Å². The summed E-state index contributed by atoms with van der Waals surface area (Å²) in [4.78, 5) is 16.6. The smallest absolute Gasteiger partial charge is 0.325 e. The number of rotatable bonds is 5. The Morgan fingerprint density at radius 2 is 1.81 bits per heavy atom. The summed E-state index contributed by atoms with van der Waals surface area (Å²) in [6.45, 7) is 0. The number of aromatic nitrogens is 1. The summed E-state index contributed by atoms with van der Waals surface area (Å²) < 4.78 is 10.4. The molecule has 0 saturated carbocycles. The minimum Gasteiger partial charge on any atom is -0.493 e. The standard InChI is InChI=1S/C18H15Cl2N3O3S/c1-25-15-6-4-11(8-16(15)26-2)21-17(24)23-18-22-14(9-27-18)12-7-10(19)3-5-13(12)20/h3-9H,1-2H3,(H2,21,22,23,24). The van der Waals surface area contributed by atoms with E-state index in [1.807, 2.05) is 0 Å². The number of nitrogens with zero attached hydrogens (tertiary/aromatic N) is 1. The van der Waals surface area contributed by atoms with Crippen molar-refractivity contribution >= 4 is 51.4 Å². The topological polar surface area (TPSA) is 72.5 Å². The van der Waals surface area contributed by atoms with Gasteiger partial charge in [0.25, 0.3) is 0 Å². The van der Waals surface area contributed by atoms with Gasteiger partial charge < -0.3 is 14.8 Å². The van der Waals surface area contributed by atoms with Gasteiger partial charge in [-0.2, -0.15) is 0 Å². The van der Waals surface area contributed by atoms with Crippen LogP contribution >= 0.6 is 34.5 Å². The van der Waals surface area contributed by atoms with Crippen molar-refractivity contribution in [2.75, 3.05) is 24.9 Å². The van der Waals surface area contributed by atoms with Gasteiger partial charge in [0.05, 0.1) is 24.9 Å². The number of anilines is 2. The Balaban J connectivity index is 1.70. The van der Waals surface area contributed by atoms with Gasteiger partial charge in [0.1, 0.15) is 0 Å². The van der Waals surface area contributed by atoms with Gasteiger partial charge in [-0.05, 0) is 30.3 Å². The van der Waals surface area contributed by atoms with Gasteiger partial charge in [0.15, 0.2) is 16.6 Å². The molecule has 2 amide bonds. The lowest BCUT2D eigenvalue weighted by atomic mass is 10.2. The lowest BCUT2D eigenvalue weighted by molar-refractivity contribution is 0.262. The van der Waals surface area contributed by atoms with E-state index in [-0.39, 0.29) is 0 Å². The van der Waals surface area contributed by atoms with E-state index in [1.54, 1.807) is 48.9 Å². The van der Waals surface area contributed by atoms with Gasteiger partial charge in [-0.3, -0.25) is 5.32 Å². The predicted molar refractivity (Wildman–Crippen MR) is 110 cm³/mol. The fraction of sp³-hybridized carbons (Fsp3) is 0.111. The first-order chi connectivity index (χ1) is 13.0. The van der Waals surface area contributed by atoms with Crippen molar-refractivity contribution in [3.8, 4) is 22.8 Å². The summed E-state index contributed by atoms with van der Waals surface area (Å²) >= 11 is 13.5. The number of hydrogen-bond donors (Lipinski definition) is 2. The van der Waals surface area contributed by atoms with Crippen LogP contribution in [0, 0.1) is 0 Å². The third-order valence-electron chi connectivity index (χ3n) is 3.57. The van der Waals surface area contributed by atoms with Crippen molar-refractivity contribution < 1.29 is 14.3 Å². The van der Waals surface area contributed by atoms with Crippen molar-refractivity contribution in [3.63, 3.8) is 0 Å². The largest absolute Gasteiger partial charge is 0.493 e. The number of halogens is 2. The van der Waals surface area contributed by atoms with E-state index in [0.717, 1.165) is 0 Å². The SMILES string of the molecule is COc1ccc(NC(=O)Nc2nc(-c3cc(Cl)ccc3Cl)cs2)cc1OC. The average Bonchev–Trinajstić information content (AvgIpc) is 3.11. The molecule has 0 spiro atoms. The fourth-order valence-corrected chi connectivity index (χ4v) is 3.41. The number of ether oxygens (including phenoxy) is 2. The molecule has 3 rings (SSSR count). The molecular formula is C18H15Cl2N3O3S. The summed E-state index contributed by atoms with van der Waals surface area (Å²) in [7, 11) is 3.07. The van der Waals surface area contributed by atoms with Crippen LogP contribution in [0.3, 0.4) is 0 Å². The fourth-order valence-electron chi connectivity index (χ4n) is 2.32. The van der Waals surface area contributed by atoms with Gasteiger partial charge in [0.2, 0.25) is 0 Å². The van der Waals surface area contributed by atoms with Crippen molar-refractivity contribution in [2.45, 2.75) is 0 Å². The number of carbonyl (C=O) groups is 1. The van der Waals surface area contributed by atoms with E-state index < -0.39 is 6.03 Å². The molecule has 1 heterocycles. The van der Waals surface area contributed by atoms with E-state index in [0.29, 0.717) is 43.6 Å². The molecule has 0 unspecified atom stereocenters. The Morgan fingerprint density at radius 3 is 2.56 bits per heavy atom. The lowest BCUT2D eigenvalue weighted by Gasteiger charge is -2.10. The normalized spacial score (nSPS) is 10.4. The van der Waals surface area contributed by atoms with E-state index in [1.165, 1.54) is 18.4 Å². The molecule has 6 nitrogen and oxygen atoms in total. The molecule has 2 N–H and O–H groups in total. The highest BCUT2D eigenvalue weighted by molar-refractivity contribution is 7.14. The molecule has 0 aliphatic carbocycles. The summed E-state index contributed by atoms with van der Waals surface area (Å²) in [5.41, 5.74) is 1.89. The quantitative estimate of drug-likeness (QED) is 0.545. The minimum absolute atomic E-state index is 0.430. The van der Waals surface area contributed by atoms with Gasteiger partial charge in [0, 0.05) is 27.7 Å². The van der Waals surface area contributed by atoms with Crippen molar-refractivity contribution in [1.29, 1.82) is 0 Å². The zero-order valence-electron chi connectivity index (χ0n) is 14.4. The molecule has 0 fully saturated rings. The van der Waals surface area contributed by atoms with Crippen LogP contribution in [-0.2, 0) is 0 Å². The molecular weight excluding hydrogens is 409 g/mol. The maximum atomic E-state index is 12.2. The minimum atomic E-state index is -0.430. The van der Waals surface area contributed by atoms with E-state index >= 15 is 0 Å². The lowest BCUT2D eigenvalue weighted by Crippen LogP contribution is -2.19. The number of nitrogens with one attached hydrogen (secondary N) is 2. The molecule has 3 aromatic rings. The Bertz CT molecular complexity index is 978. The molecule has 27 heavy (non-hydrogen) atoms. The summed E-state index contributed by atoms with van der Waals surface area (Å²) in [6.07, 6.45) is 0. The third-order valence-corrected chi connectivity index (χ3v) is 4.89. The number of urea groups is 1. The van der Waals surface area contributed by atoms with E-state index in [9.17, 15) is 4.79 Å². The first-order valence-electron chi connectivity index (χ1n) is 7.71. The first-order valence-corrected chi connectivity index (χ1v) is 9.34. The zero-order valence-corrected chi connectivity index (χ0v) is 16.7. The zero-order chi connectivity index (χ0) is 19.4. The average molecular weight is 424 g/mol. The van der Waals surface area contributed by atoms with Crippen molar-refractivity contribution in [2.24, 2.45) is 0 Å². The number of thiazole rings is 1. The van der Waals surface area contributed by atoms with Crippen LogP contribution in [0.4, 0.5) is 15.6 Å². The number of methoxy groups -OCH3 is 2. The Labute approximate surface area is 170 Å². The summed E-state index contributed by atoms with van der Waals surface area (Å²) in [6, 6.07) is 9.78. The second-order valence-electron chi connectivity index (χ2n) is 5.31. The van der Waals surface area contributed by atoms with Crippen molar-refractivity contribution in [1.82, 2.24) is 4.98 Å². The maximum absolute atomic E-state index is 12.2. The van der Waals surface area contributed by atoms with Crippen LogP contribution in [0.1, 0.15) is 0 Å². The molecule has 0 radical (unpaired) electrons. The highest BCUT2D eigenvalue weighted by atomic mass is 35.5. The number of carbonyl (C=O) groups excluding carboxylic acids is 1. The number of hydrogen-bond acceptors (Lipinski definition) is 5. The monoisotopic (exact) mass is 423 g/mol. The van der Waals surface area contributed by atoms with Crippen LogP contribution < -0.4 is 20.1 Å². The molecule has 0 atom stereocenters. The first kappa shape index (κ1) is 19.3. The summed E-state index contributed by atoms with van der Waals surface area (Å²) in [5.74, 6) is 1.09. The molecule has 0 bridgehead atoms. The second-order valence-corrected chi connectivity index (χ2v) is 7.01. The van der Waals surface area contributed by atoms with Gasteiger partial charge >= 0.3 is 6.03 Å². The maximum Gasteiger partial charge on any atom is 0.325 e. The molecule has 0 saturated heterocycles. The Morgan fingerprint density at radius 1 is 1.04 bits per heavy atom. The number of amides is 2. The van der Waals surface area contributed by atoms with Crippen LogP contribution in [-0.4, -0.2) is 25.2 Å². The molecule has 1 aromatic heterocycles. The molecule has 9 heteroatoms. The van der Waals surface area contributed by atoms with Crippen LogP contribution in [0.2, 0.25) is 10.0 Å². The predicted octanol–water partition coefficient (Wildman–Crippen LogP) is 5.78. The number of benzene rings is 2. The van der Waals surface area contributed by atoms with Crippen LogP contribution in [0.5, 0.6) is 11.5 Å². The van der Waals surface area contributed by atoms with Crippen LogP contribution in [0.15, 0.2) is 41.8 Å².